The second-order valence-corrected chi connectivity index (χ2v) is 5.29. The molecular weight excluding hydrogens is 158 g/mol. The van der Waals surface area contributed by atoms with Gasteiger partial charge in [-0.3, -0.25) is 0 Å². The molecule has 76 valence electrons. The van der Waals surface area contributed by atoms with Crippen molar-refractivity contribution in [1.29, 1.82) is 0 Å². The number of hydrogen-bond donors (Lipinski definition) is 0. The van der Waals surface area contributed by atoms with Gasteiger partial charge in [0.2, 0.25) is 0 Å². The first-order valence-electron chi connectivity index (χ1n) is 5.90. The molecule has 13 heavy (non-hydrogen) atoms. The fraction of sp³-hybridized carbons (Fsp3) is 1.00. The normalized spacial score (nSPS) is 47.3. The van der Waals surface area contributed by atoms with Crippen LogP contribution in [0.5, 0.6) is 0 Å². The van der Waals surface area contributed by atoms with Gasteiger partial charge in [-0.2, -0.15) is 0 Å². The summed E-state index contributed by atoms with van der Waals surface area (Å²) in [4.78, 5) is 2.62. The van der Waals surface area contributed by atoms with Gasteiger partial charge in [0.1, 0.15) is 0 Å². The van der Waals surface area contributed by atoms with E-state index in [4.69, 9.17) is 0 Å². The van der Waals surface area contributed by atoms with Crippen LogP contribution in [0.15, 0.2) is 0 Å². The highest BCUT2D eigenvalue weighted by Crippen LogP contribution is 2.40. The number of likely N-dealkylation sites (tertiary alicyclic amines) is 1. The van der Waals surface area contributed by atoms with E-state index in [0.717, 1.165) is 23.8 Å². The van der Waals surface area contributed by atoms with Gasteiger partial charge in [0.25, 0.3) is 0 Å². The first-order chi connectivity index (χ1) is 6.20. The maximum absolute atomic E-state index is 2.62. The molecule has 0 aromatic heterocycles. The van der Waals surface area contributed by atoms with E-state index in [1.54, 1.807) is 0 Å². The second kappa shape index (κ2) is 3.61. The number of rotatable bonds is 0. The molecule has 2 fully saturated rings. The molecule has 1 saturated heterocycles. The second-order valence-electron chi connectivity index (χ2n) is 5.29. The Hall–Kier alpha value is -0.0400. The predicted molar refractivity (Wildman–Crippen MR) is 56.7 cm³/mol. The minimum absolute atomic E-state index is 0.907. The molecule has 4 unspecified atom stereocenters. The summed E-state index contributed by atoms with van der Waals surface area (Å²) in [5.74, 6) is 2.87. The number of nitrogens with zero attached hydrogens (tertiary/aromatic N) is 1. The minimum atomic E-state index is 0.907. The van der Waals surface area contributed by atoms with E-state index in [-0.39, 0.29) is 0 Å². The molecule has 0 radical (unpaired) electrons. The van der Waals surface area contributed by atoms with E-state index in [1.807, 2.05) is 0 Å². The van der Waals surface area contributed by atoms with Gasteiger partial charge in [-0.15, -0.1) is 0 Å². The van der Waals surface area contributed by atoms with Gasteiger partial charge in [-0.05, 0) is 37.6 Å². The third-order valence-corrected chi connectivity index (χ3v) is 4.50. The Balaban J connectivity index is 2.10. The van der Waals surface area contributed by atoms with Crippen LogP contribution < -0.4 is 0 Å². The molecular formula is C12H23N. The van der Waals surface area contributed by atoms with E-state index >= 15 is 0 Å². The van der Waals surface area contributed by atoms with Crippen LogP contribution in [-0.4, -0.2) is 24.5 Å². The highest BCUT2D eigenvalue weighted by atomic mass is 15.1. The maximum atomic E-state index is 2.62. The van der Waals surface area contributed by atoms with Crippen molar-refractivity contribution in [2.75, 3.05) is 13.6 Å². The molecule has 0 amide bonds. The molecule has 4 atom stereocenters. The van der Waals surface area contributed by atoms with Gasteiger partial charge in [-0.1, -0.05) is 26.7 Å². The van der Waals surface area contributed by atoms with Crippen molar-refractivity contribution in [1.82, 2.24) is 4.90 Å². The van der Waals surface area contributed by atoms with Crippen molar-refractivity contribution in [2.24, 2.45) is 17.8 Å². The zero-order valence-corrected chi connectivity index (χ0v) is 9.29. The summed E-state index contributed by atoms with van der Waals surface area (Å²) in [6, 6.07) is 0.917. The lowest BCUT2D eigenvalue weighted by Gasteiger charge is -2.48. The Kier molecular flexibility index (Phi) is 2.64. The van der Waals surface area contributed by atoms with Crippen molar-refractivity contribution in [3.8, 4) is 0 Å². The summed E-state index contributed by atoms with van der Waals surface area (Å²) < 4.78 is 0. The summed E-state index contributed by atoms with van der Waals surface area (Å²) in [7, 11) is 2.32. The first-order valence-corrected chi connectivity index (χ1v) is 5.90. The number of hydrogen-bond acceptors (Lipinski definition) is 1. The van der Waals surface area contributed by atoms with Crippen LogP contribution >= 0.6 is 0 Å². The average molecular weight is 181 g/mol. The van der Waals surface area contributed by atoms with Gasteiger partial charge >= 0.3 is 0 Å². The Morgan fingerprint density at radius 1 is 1.08 bits per heavy atom. The lowest BCUT2D eigenvalue weighted by molar-refractivity contribution is 0.00961. The van der Waals surface area contributed by atoms with Crippen molar-refractivity contribution in [3.63, 3.8) is 0 Å². The van der Waals surface area contributed by atoms with E-state index in [9.17, 15) is 0 Å². The molecule has 0 N–H and O–H groups in total. The standard InChI is InChI=1S/C12H23N/c1-9-8-13(3)12-7-5-4-6-11(12)10(9)2/h9-12H,4-8H2,1-3H3. The molecule has 1 aliphatic carbocycles. The van der Waals surface area contributed by atoms with Crippen molar-refractivity contribution in [2.45, 2.75) is 45.6 Å². The van der Waals surface area contributed by atoms with Crippen molar-refractivity contribution >= 4 is 0 Å². The molecule has 1 nitrogen and oxygen atoms in total. The van der Waals surface area contributed by atoms with Gasteiger partial charge in [0.15, 0.2) is 0 Å². The molecule has 1 saturated carbocycles. The Bertz CT molecular complexity index is 178. The highest BCUT2D eigenvalue weighted by molar-refractivity contribution is 4.91. The van der Waals surface area contributed by atoms with Crippen LogP contribution in [0.2, 0.25) is 0 Å². The average Bonchev–Trinajstić information content (AvgIpc) is 2.15. The topological polar surface area (TPSA) is 3.24 Å². The molecule has 0 aromatic rings. The third kappa shape index (κ3) is 1.63. The molecule has 1 aliphatic heterocycles. The zero-order valence-electron chi connectivity index (χ0n) is 9.29. The van der Waals surface area contributed by atoms with Crippen LogP contribution in [0, 0.1) is 17.8 Å². The van der Waals surface area contributed by atoms with E-state index in [1.165, 1.54) is 32.2 Å². The van der Waals surface area contributed by atoms with Crippen molar-refractivity contribution in [3.05, 3.63) is 0 Å². The fourth-order valence-electron chi connectivity index (χ4n) is 3.48. The summed E-state index contributed by atoms with van der Waals surface area (Å²) in [5, 5.41) is 0. The van der Waals surface area contributed by atoms with Crippen LogP contribution in [0.1, 0.15) is 39.5 Å². The minimum Gasteiger partial charge on any atom is -0.303 e. The smallest absolute Gasteiger partial charge is 0.0123 e. The molecule has 2 aliphatic rings. The van der Waals surface area contributed by atoms with Crippen LogP contribution in [0.4, 0.5) is 0 Å². The molecule has 0 aromatic carbocycles. The van der Waals surface area contributed by atoms with Crippen molar-refractivity contribution < 1.29 is 0 Å². The predicted octanol–water partition coefficient (Wildman–Crippen LogP) is 2.76. The van der Waals surface area contributed by atoms with Crippen LogP contribution in [0.3, 0.4) is 0 Å². The lowest BCUT2D eigenvalue weighted by Crippen LogP contribution is -2.51. The van der Waals surface area contributed by atoms with Gasteiger partial charge in [-0.25, -0.2) is 0 Å². The Labute approximate surface area is 82.5 Å². The van der Waals surface area contributed by atoms with E-state index in [2.05, 4.69) is 25.8 Å². The Morgan fingerprint density at radius 3 is 2.54 bits per heavy atom. The highest BCUT2D eigenvalue weighted by Gasteiger charge is 2.38. The summed E-state index contributed by atoms with van der Waals surface area (Å²) in [6.07, 6.45) is 5.89. The molecule has 1 heteroatoms. The first kappa shape index (κ1) is 9.51. The maximum Gasteiger partial charge on any atom is 0.0123 e. The van der Waals surface area contributed by atoms with E-state index in [0.29, 0.717) is 0 Å². The quantitative estimate of drug-likeness (QED) is 0.555. The number of piperidine rings is 1. The van der Waals surface area contributed by atoms with Crippen LogP contribution in [-0.2, 0) is 0 Å². The zero-order chi connectivity index (χ0) is 9.42. The molecule has 0 spiro atoms. The number of fused-ring (bicyclic) bond motifs is 1. The van der Waals surface area contributed by atoms with Gasteiger partial charge in [0, 0.05) is 12.6 Å². The molecule has 2 rings (SSSR count). The summed E-state index contributed by atoms with van der Waals surface area (Å²) >= 11 is 0. The van der Waals surface area contributed by atoms with Crippen LogP contribution in [0.25, 0.3) is 0 Å². The lowest BCUT2D eigenvalue weighted by atomic mass is 9.69. The monoisotopic (exact) mass is 181 g/mol. The van der Waals surface area contributed by atoms with Gasteiger partial charge in [0.05, 0.1) is 0 Å². The third-order valence-electron chi connectivity index (χ3n) is 4.50. The van der Waals surface area contributed by atoms with E-state index < -0.39 is 0 Å². The fourth-order valence-corrected chi connectivity index (χ4v) is 3.48. The van der Waals surface area contributed by atoms with Gasteiger partial charge < -0.3 is 4.90 Å². The SMILES string of the molecule is CC1CN(C)C2CCCCC2C1C. The summed E-state index contributed by atoms with van der Waals surface area (Å²) in [6.45, 7) is 6.22. The molecule has 1 heterocycles. The Morgan fingerprint density at radius 2 is 1.77 bits per heavy atom. The molecule has 0 bridgehead atoms. The largest absolute Gasteiger partial charge is 0.303 e. The summed E-state index contributed by atoms with van der Waals surface area (Å²) in [5.41, 5.74) is 0.